The molecular weight excluding hydrogens is 384 g/mol. The lowest BCUT2D eigenvalue weighted by atomic mass is 9.91. The highest BCUT2D eigenvalue weighted by atomic mass is 16.3. The van der Waals surface area contributed by atoms with E-state index < -0.39 is 0 Å². The number of rotatable bonds is 2. The molecule has 5 rings (SSSR count). The summed E-state index contributed by atoms with van der Waals surface area (Å²) in [6.45, 7) is 6.47. The maximum absolute atomic E-state index is 9.98. The number of aliphatic hydroxyl groups excluding tert-OH is 1. The lowest BCUT2D eigenvalue weighted by Gasteiger charge is -2.33. The van der Waals surface area contributed by atoms with Gasteiger partial charge in [0.15, 0.2) is 0 Å². The molecule has 1 fully saturated rings. The van der Waals surface area contributed by atoms with Gasteiger partial charge in [-0.3, -0.25) is 4.98 Å². The highest BCUT2D eigenvalue weighted by Gasteiger charge is 2.27. The Bertz CT molecular complexity index is 1190. The first-order chi connectivity index (χ1) is 14.8. The minimum atomic E-state index is -0.177. The average molecular weight is 415 g/mol. The standard InChI is InChI=1S/C26H30N4O/c1-16-10-25-21(11-17(16)13-27)22(15-30(25)19-4-6-20(31)7-5-19)18-12-24-23(28-14-18)8-9-26(2,3)29-24/h10-12,14-15,19-20,29,31H,4-9H2,1-3H3/t19-,20-. The third kappa shape index (κ3) is 3.59. The fourth-order valence-corrected chi connectivity index (χ4v) is 5.19. The summed E-state index contributed by atoms with van der Waals surface area (Å²) in [5, 5.41) is 24.4. The van der Waals surface area contributed by atoms with E-state index in [-0.39, 0.29) is 11.6 Å². The number of pyridine rings is 1. The molecule has 1 aromatic carbocycles. The first kappa shape index (κ1) is 20.1. The first-order valence-electron chi connectivity index (χ1n) is 11.4. The Morgan fingerprint density at radius 1 is 1.19 bits per heavy atom. The number of aromatic nitrogens is 2. The normalized spacial score (nSPS) is 22.5. The SMILES string of the molecule is Cc1cc2c(cc1C#N)c(-c1cnc3c(c1)NC(C)(C)CC3)cn2[C@H]1CC[C@H](O)CC1. The summed E-state index contributed by atoms with van der Waals surface area (Å²) in [4.78, 5) is 4.79. The van der Waals surface area contributed by atoms with Gasteiger partial charge in [-0.1, -0.05) is 0 Å². The minimum Gasteiger partial charge on any atom is -0.393 e. The van der Waals surface area contributed by atoms with E-state index in [0.29, 0.717) is 6.04 Å². The second-order valence-corrected chi connectivity index (χ2v) is 9.94. The maximum Gasteiger partial charge on any atom is 0.0994 e. The number of benzene rings is 1. The number of hydrogen-bond acceptors (Lipinski definition) is 4. The molecule has 2 aliphatic rings. The zero-order chi connectivity index (χ0) is 21.8. The lowest BCUT2D eigenvalue weighted by Crippen LogP contribution is -2.35. The monoisotopic (exact) mass is 414 g/mol. The largest absolute Gasteiger partial charge is 0.393 e. The first-order valence-corrected chi connectivity index (χ1v) is 11.4. The number of nitriles is 1. The topological polar surface area (TPSA) is 73.9 Å². The van der Waals surface area contributed by atoms with Crippen LogP contribution < -0.4 is 5.32 Å². The van der Waals surface area contributed by atoms with Crippen LogP contribution in [0.15, 0.2) is 30.6 Å². The molecule has 5 nitrogen and oxygen atoms in total. The van der Waals surface area contributed by atoms with Crippen LogP contribution in [-0.2, 0) is 6.42 Å². The predicted octanol–water partition coefficient (Wildman–Crippen LogP) is 5.50. The van der Waals surface area contributed by atoms with E-state index in [1.54, 1.807) is 0 Å². The number of hydrogen-bond donors (Lipinski definition) is 2. The summed E-state index contributed by atoms with van der Waals surface area (Å²) in [7, 11) is 0. The van der Waals surface area contributed by atoms with Gasteiger partial charge in [0.1, 0.15) is 0 Å². The van der Waals surface area contributed by atoms with Crippen molar-refractivity contribution in [1.29, 1.82) is 5.26 Å². The molecule has 160 valence electrons. The molecule has 31 heavy (non-hydrogen) atoms. The van der Waals surface area contributed by atoms with E-state index in [0.717, 1.165) is 77.5 Å². The molecule has 1 saturated carbocycles. The van der Waals surface area contributed by atoms with E-state index in [1.807, 2.05) is 19.2 Å². The van der Waals surface area contributed by atoms with Gasteiger partial charge in [-0.2, -0.15) is 5.26 Å². The number of nitrogens with one attached hydrogen (secondary N) is 1. The van der Waals surface area contributed by atoms with Crippen molar-refractivity contribution in [3.05, 3.63) is 47.4 Å². The van der Waals surface area contributed by atoms with Crippen LogP contribution in [0.5, 0.6) is 0 Å². The van der Waals surface area contributed by atoms with Gasteiger partial charge in [0, 0.05) is 46.0 Å². The van der Waals surface area contributed by atoms with Crippen molar-refractivity contribution in [1.82, 2.24) is 9.55 Å². The van der Waals surface area contributed by atoms with Crippen molar-refractivity contribution >= 4 is 16.6 Å². The zero-order valence-electron chi connectivity index (χ0n) is 18.6. The molecule has 5 heteroatoms. The Balaban J connectivity index is 1.66. The molecule has 1 aliphatic heterocycles. The van der Waals surface area contributed by atoms with Gasteiger partial charge in [-0.05, 0) is 83.1 Å². The molecule has 2 aromatic heterocycles. The van der Waals surface area contributed by atoms with Crippen LogP contribution in [0.3, 0.4) is 0 Å². The van der Waals surface area contributed by atoms with Crippen LogP contribution in [-0.4, -0.2) is 26.3 Å². The van der Waals surface area contributed by atoms with Crippen molar-refractivity contribution in [2.75, 3.05) is 5.32 Å². The Hall–Kier alpha value is -2.84. The van der Waals surface area contributed by atoms with Crippen LogP contribution in [0.1, 0.15) is 68.8 Å². The lowest BCUT2D eigenvalue weighted by molar-refractivity contribution is 0.111. The highest BCUT2D eigenvalue weighted by molar-refractivity contribution is 5.98. The number of nitrogens with zero attached hydrogens (tertiary/aromatic N) is 3. The third-order valence-electron chi connectivity index (χ3n) is 7.10. The summed E-state index contributed by atoms with van der Waals surface area (Å²) in [6, 6.07) is 9.12. The van der Waals surface area contributed by atoms with Crippen LogP contribution in [0.2, 0.25) is 0 Å². The average Bonchev–Trinajstić information content (AvgIpc) is 3.10. The van der Waals surface area contributed by atoms with Crippen molar-refractivity contribution in [2.24, 2.45) is 0 Å². The van der Waals surface area contributed by atoms with E-state index >= 15 is 0 Å². The smallest absolute Gasteiger partial charge is 0.0994 e. The molecule has 0 amide bonds. The molecule has 0 radical (unpaired) electrons. The predicted molar refractivity (Wildman–Crippen MR) is 124 cm³/mol. The van der Waals surface area contributed by atoms with Crippen LogP contribution in [0.25, 0.3) is 22.0 Å². The van der Waals surface area contributed by atoms with Crippen LogP contribution >= 0.6 is 0 Å². The number of fused-ring (bicyclic) bond motifs is 2. The molecule has 0 spiro atoms. The summed E-state index contributed by atoms with van der Waals surface area (Å²) in [5.41, 5.74) is 7.40. The van der Waals surface area contributed by atoms with Gasteiger partial charge in [-0.15, -0.1) is 0 Å². The third-order valence-corrected chi connectivity index (χ3v) is 7.10. The molecule has 0 atom stereocenters. The molecular formula is C26H30N4O. The Kier molecular flexibility index (Phi) is 4.79. The van der Waals surface area contributed by atoms with Crippen molar-refractivity contribution in [3.8, 4) is 17.2 Å². The quantitative estimate of drug-likeness (QED) is 0.581. The van der Waals surface area contributed by atoms with Gasteiger partial charge in [-0.25, -0.2) is 0 Å². The Morgan fingerprint density at radius 3 is 2.71 bits per heavy atom. The number of aliphatic hydroxyl groups is 1. The minimum absolute atomic E-state index is 0.0648. The van der Waals surface area contributed by atoms with Crippen molar-refractivity contribution < 1.29 is 5.11 Å². The fraction of sp³-hybridized carbons (Fsp3) is 0.462. The van der Waals surface area contributed by atoms with E-state index in [4.69, 9.17) is 4.98 Å². The van der Waals surface area contributed by atoms with E-state index in [2.05, 4.69) is 48.1 Å². The molecule has 1 aliphatic carbocycles. The second kappa shape index (κ2) is 7.39. The fourth-order valence-electron chi connectivity index (χ4n) is 5.19. The number of aryl methyl sites for hydroxylation is 2. The van der Waals surface area contributed by atoms with Gasteiger partial charge in [0.05, 0.1) is 29.1 Å². The van der Waals surface area contributed by atoms with E-state index in [1.165, 1.54) is 5.52 Å². The van der Waals surface area contributed by atoms with Crippen LogP contribution in [0.4, 0.5) is 5.69 Å². The summed E-state index contributed by atoms with van der Waals surface area (Å²) in [5.74, 6) is 0. The zero-order valence-corrected chi connectivity index (χ0v) is 18.6. The summed E-state index contributed by atoms with van der Waals surface area (Å²) < 4.78 is 2.38. The van der Waals surface area contributed by atoms with Gasteiger partial charge < -0.3 is 15.0 Å². The van der Waals surface area contributed by atoms with Crippen LogP contribution in [0, 0.1) is 18.3 Å². The van der Waals surface area contributed by atoms with E-state index in [9.17, 15) is 10.4 Å². The molecule has 0 unspecified atom stereocenters. The Labute approximate surface area is 183 Å². The summed E-state index contributed by atoms with van der Waals surface area (Å²) in [6.07, 6.45) is 9.73. The van der Waals surface area contributed by atoms with Gasteiger partial charge in [0.2, 0.25) is 0 Å². The van der Waals surface area contributed by atoms with Crippen molar-refractivity contribution in [3.63, 3.8) is 0 Å². The number of anilines is 1. The molecule has 3 heterocycles. The maximum atomic E-state index is 9.98. The molecule has 0 saturated heterocycles. The second-order valence-electron chi connectivity index (χ2n) is 9.94. The molecule has 3 aromatic rings. The van der Waals surface area contributed by atoms with Gasteiger partial charge in [0.25, 0.3) is 0 Å². The van der Waals surface area contributed by atoms with Crippen molar-refractivity contribution in [2.45, 2.75) is 77.0 Å². The molecule has 0 bridgehead atoms. The Morgan fingerprint density at radius 2 is 1.97 bits per heavy atom. The molecule has 2 N–H and O–H groups in total. The van der Waals surface area contributed by atoms with Gasteiger partial charge >= 0.3 is 0 Å². The highest BCUT2D eigenvalue weighted by Crippen LogP contribution is 2.40. The summed E-state index contributed by atoms with van der Waals surface area (Å²) >= 11 is 0.